The molecule has 1 saturated carbocycles. The minimum Gasteiger partial charge on any atom is -0.316 e. The van der Waals surface area contributed by atoms with Crippen LogP contribution in [0.3, 0.4) is 0 Å². The molecular weight excluding hydrogens is 220 g/mol. The molecular formula is C16H34N2. The predicted molar refractivity (Wildman–Crippen MR) is 81.1 cm³/mol. The standard InChI is InChI=1S/C16H34N2/c1-5-12-17-13-16(10-8-9-11-16)14-18(4)15(6-2)7-3/h15,17H,5-14H2,1-4H3. The second kappa shape index (κ2) is 8.16. The van der Waals surface area contributed by atoms with Crippen LogP contribution in [0.2, 0.25) is 0 Å². The van der Waals surface area contributed by atoms with Crippen LogP contribution in [0.15, 0.2) is 0 Å². The summed E-state index contributed by atoms with van der Waals surface area (Å²) in [5.74, 6) is 0. The van der Waals surface area contributed by atoms with Crippen molar-refractivity contribution in [3.63, 3.8) is 0 Å². The van der Waals surface area contributed by atoms with Gasteiger partial charge >= 0.3 is 0 Å². The lowest BCUT2D eigenvalue weighted by Gasteiger charge is -2.37. The van der Waals surface area contributed by atoms with Crippen molar-refractivity contribution < 1.29 is 0 Å². The molecule has 1 aliphatic carbocycles. The number of nitrogens with zero attached hydrogens (tertiary/aromatic N) is 1. The smallest absolute Gasteiger partial charge is 0.00872 e. The Morgan fingerprint density at radius 3 is 2.22 bits per heavy atom. The zero-order valence-electron chi connectivity index (χ0n) is 13.1. The lowest BCUT2D eigenvalue weighted by molar-refractivity contribution is 0.129. The van der Waals surface area contributed by atoms with Gasteiger partial charge in [0, 0.05) is 19.1 Å². The van der Waals surface area contributed by atoms with Gasteiger partial charge in [0.25, 0.3) is 0 Å². The van der Waals surface area contributed by atoms with Crippen molar-refractivity contribution in [3.05, 3.63) is 0 Å². The van der Waals surface area contributed by atoms with E-state index in [4.69, 9.17) is 0 Å². The zero-order chi connectivity index (χ0) is 13.4. The summed E-state index contributed by atoms with van der Waals surface area (Å²) < 4.78 is 0. The molecule has 0 aromatic heterocycles. The second-order valence-corrected chi connectivity index (χ2v) is 6.27. The first-order valence-electron chi connectivity index (χ1n) is 8.08. The lowest BCUT2D eigenvalue weighted by atomic mass is 9.85. The van der Waals surface area contributed by atoms with E-state index in [1.165, 1.54) is 64.6 Å². The summed E-state index contributed by atoms with van der Waals surface area (Å²) in [5.41, 5.74) is 0.562. The van der Waals surface area contributed by atoms with Gasteiger partial charge in [-0.2, -0.15) is 0 Å². The number of rotatable bonds is 9. The summed E-state index contributed by atoms with van der Waals surface area (Å²) in [7, 11) is 2.33. The van der Waals surface area contributed by atoms with Crippen LogP contribution in [-0.2, 0) is 0 Å². The molecule has 18 heavy (non-hydrogen) atoms. The molecule has 108 valence electrons. The fourth-order valence-corrected chi connectivity index (χ4v) is 3.62. The molecule has 0 spiro atoms. The van der Waals surface area contributed by atoms with Crippen molar-refractivity contribution in [2.75, 3.05) is 26.7 Å². The van der Waals surface area contributed by atoms with Gasteiger partial charge < -0.3 is 10.2 Å². The van der Waals surface area contributed by atoms with Crippen molar-refractivity contribution in [2.45, 2.75) is 71.8 Å². The summed E-state index contributed by atoms with van der Waals surface area (Å²) in [6.45, 7) is 10.6. The minimum absolute atomic E-state index is 0.562. The van der Waals surface area contributed by atoms with Gasteiger partial charge in [-0.05, 0) is 51.1 Å². The number of nitrogens with one attached hydrogen (secondary N) is 1. The predicted octanol–water partition coefficient (Wildman–Crippen LogP) is 3.67. The topological polar surface area (TPSA) is 15.3 Å². The highest BCUT2D eigenvalue weighted by molar-refractivity contribution is 4.90. The average Bonchev–Trinajstić information content (AvgIpc) is 2.80. The maximum atomic E-state index is 3.67. The molecule has 0 saturated heterocycles. The summed E-state index contributed by atoms with van der Waals surface area (Å²) in [4.78, 5) is 2.62. The van der Waals surface area contributed by atoms with Gasteiger partial charge in [-0.25, -0.2) is 0 Å². The Balaban J connectivity index is 2.50. The SMILES string of the molecule is CCCNCC1(CN(C)C(CC)CC)CCCC1. The Labute approximate surface area is 115 Å². The third-order valence-electron chi connectivity index (χ3n) is 4.74. The molecule has 0 unspecified atom stereocenters. The van der Waals surface area contributed by atoms with Crippen molar-refractivity contribution in [1.82, 2.24) is 10.2 Å². The van der Waals surface area contributed by atoms with Gasteiger partial charge in [0.1, 0.15) is 0 Å². The van der Waals surface area contributed by atoms with Crippen molar-refractivity contribution in [3.8, 4) is 0 Å². The summed E-state index contributed by atoms with van der Waals surface area (Å²) in [6.07, 6.45) is 9.53. The van der Waals surface area contributed by atoms with Crippen LogP contribution in [0.25, 0.3) is 0 Å². The van der Waals surface area contributed by atoms with E-state index >= 15 is 0 Å². The van der Waals surface area contributed by atoms with E-state index in [1.54, 1.807) is 0 Å². The molecule has 0 aromatic carbocycles. The maximum absolute atomic E-state index is 3.67. The van der Waals surface area contributed by atoms with E-state index in [9.17, 15) is 0 Å². The average molecular weight is 254 g/mol. The van der Waals surface area contributed by atoms with Crippen molar-refractivity contribution in [1.29, 1.82) is 0 Å². The van der Waals surface area contributed by atoms with E-state index in [0.717, 1.165) is 6.04 Å². The fraction of sp³-hybridized carbons (Fsp3) is 1.00. The lowest BCUT2D eigenvalue weighted by Crippen LogP contribution is -2.44. The first kappa shape index (κ1) is 16.0. The second-order valence-electron chi connectivity index (χ2n) is 6.27. The molecule has 1 aliphatic rings. The van der Waals surface area contributed by atoms with Crippen LogP contribution in [0.4, 0.5) is 0 Å². The summed E-state index contributed by atoms with van der Waals surface area (Å²) in [6, 6.07) is 0.772. The van der Waals surface area contributed by atoms with Gasteiger partial charge in [0.05, 0.1) is 0 Å². The Morgan fingerprint density at radius 1 is 1.11 bits per heavy atom. The molecule has 0 aliphatic heterocycles. The van der Waals surface area contributed by atoms with Crippen molar-refractivity contribution >= 4 is 0 Å². The highest BCUT2D eigenvalue weighted by Gasteiger charge is 2.35. The molecule has 2 heteroatoms. The maximum Gasteiger partial charge on any atom is 0.00872 e. The molecule has 0 radical (unpaired) electrons. The zero-order valence-corrected chi connectivity index (χ0v) is 13.1. The highest BCUT2D eigenvalue weighted by atomic mass is 15.1. The third kappa shape index (κ3) is 4.55. The van der Waals surface area contributed by atoms with E-state index in [-0.39, 0.29) is 0 Å². The quantitative estimate of drug-likeness (QED) is 0.632. The Kier molecular flexibility index (Phi) is 7.25. The van der Waals surface area contributed by atoms with Gasteiger partial charge in [-0.3, -0.25) is 0 Å². The van der Waals surface area contributed by atoms with E-state index in [1.807, 2.05) is 0 Å². The monoisotopic (exact) mass is 254 g/mol. The Morgan fingerprint density at radius 2 is 1.72 bits per heavy atom. The molecule has 0 atom stereocenters. The Hall–Kier alpha value is -0.0800. The Bertz CT molecular complexity index is 205. The molecule has 0 amide bonds. The van der Waals surface area contributed by atoms with Crippen LogP contribution >= 0.6 is 0 Å². The summed E-state index contributed by atoms with van der Waals surface area (Å²) >= 11 is 0. The molecule has 0 bridgehead atoms. The third-order valence-corrected chi connectivity index (χ3v) is 4.74. The molecule has 0 aromatic rings. The van der Waals surface area contributed by atoms with Crippen LogP contribution in [0.1, 0.15) is 65.7 Å². The largest absolute Gasteiger partial charge is 0.316 e. The van der Waals surface area contributed by atoms with Crippen molar-refractivity contribution in [2.24, 2.45) is 5.41 Å². The summed E-state index contributed by atoms with van der Waals surface area (Å²) in [5, 5.41) is 3.67. The van der Waals surface area contributed by atoms with E-state index in [0.29, 0.717) is 5.41 Å². The van der Waals surface area contributed by atoms with Crippen LogP contribution in [-0.4, -0.2) is 37.6 Å². The number of hydrogen-bond donors (Lipinski definition) is 1. The first-order valence-corrected chi connectivity index (χ1v) is 8.08. The fourth-order valence-electron chi connectivity index (χ4n) is 3.62. The first-order chi connectivity index (χ1) is 8.67. The van der Waals surface area contributed by atoms with Crippen LogP contribution in [0, 0.1) is 5.41 Å². The van der Waals surface area contributed by atoms with Gasteiger partial charge in [-0.1, -0.05) is 33.6 Å². The molecule has 0 heterocycles. The van der Waals surface area contributed by atoms with Gasteiger partial charge in [0.2, 0.25) is 0 Å². The molecule has 1 rings (SSSR count). The van der Waals surface area contributed by atoms with Gasteiger partial charge in [0.15, 0.2) is 0 Å². The van der Waals surface area contributed by atoms with Gasteiger partial charge in [-0.15, -0.1) is 0 Å². The minimum atomic E-state index is 0.562. The molecule has 1 N–H and O–H groups in total. The highest BCUT2D eigenvalue weighted by Crippen LogP contribution is 2.38. The number of hydrogen-bond acceptors (Lipinski definition) is 2. The molecule has 1 fully saturated rings. The van der Waals surface area contributed by atoms with E-state index in [2.05, 4.69) is 38.0 Å². The van der Waals surface area contributed by atoms with Crippen LogP contribution < -0.4 is 5.32 Å². The van der Waals surface area contributed by atoms with Crippen LogP contribution in [0.5, 0.6) is 0 Å². The van der Waals surface area contributed by atoms with E-state index < -0.39 is 0 Å². The normalized spacial score (nSPS) is 19.0. The molecule has 2 nitrogen and oxygen atoms in total.